The first kappa shape index (κ1) is 12.6. The van der Waals surface area contributed by atoms with Gasteiger partial charge in [-0.05, 0) is 37.1 Å². The van der Waals surface area contributed by atoms with E-state index < -0.39 is 0 Å². The van der Waals surface area contributed by atoms with Crippen LogP contribution >= 0.6 is 0 Å². The molecule has 2 N–H and O–H groups in total. The molecule has 0 saturated carbocycles. The highest BCUT2D eigenvalue weighted by Gasteiger charge is 2.13. The summed E-state index contributed by atoms with van der Waals surface area (Å²) < 4.78 is 7.29. The highest BCUT2D eigenvalue weighted by atomic mass is 16.5. The molecule has 0 saturated heterocycles. The SMILES string of the molecule is COc1cc(C)c(-c2ncn(C)c2CN)cc1C. The van der Waals surface area contributed by atoms with Gasteiger partial charge in [-0.1, -0.05) is 0 Å². The number of nitrogens with zero attached hydrogens (tertiary/aromatic N) is 2. The first-order valence-corrected chi connectivity index (χ1v) is 5.94. The first-order valence-electron chi connectivity index (χ1n) is 5.94. The van der Waals surface area contributed by atoms with Crippen LogP contribution in [0.2, 0.25) is 0 Å². The summed E-state index contributed by atoms with van der Waals surface area (Å²) >= 11 is 0. The molecule has 0 spiro atoms. The van der Waals surface area contributed by atoms with Gasteiger partial charge in [0.25, 0.3) is 0 Å². The van der Waals surface area contributed by atoms with Gasteiger partial charge < -0.3 is 15.0 Å². The van der Waals surface area contributed by atoms with Crippen LogP contribution in [0.25, 0.3) is 11.3 Å². The van der Waals surface area contributed by atoms with Crippen molar-refractivity contribution in [3.05, 3.63) is 35.3 Å². The maximum atomic E-state index is 5.79. The van der Waals surface area contributed by atoms with Crippen LogP contribution in [0, 0.1) is 13.8 Å². The first-order chi connectivity index (χ1) is 8.58. The molecule has 0 aliphatic carbocycles. The Bertz CT molecular complexity index is 573. The molecule has 2 rings (SSSR count). The maximum absolute atomic E-state index is 5.79. The zero-order chi connectivity index (χ0) is 13.3. The molecule has 4 nitrogen and oxygen atoms in total. The van der Waals surface area contributed by atoms with Gasteiger partial charge in [0.2, 0.25) is 0 Å². The molecular weight excluding hydrogens is 226 g/mol. The second-order valence-electron chi connectivity index (χ2n) is 4.49. The molecule has 96 valence electrons. The van der Waals surface area contributed by atoms with Crippen LogP contribution in [-0.4, -0.2) is 16.7 Å². The van der Waals surface area contributed by atoms with Gasteiger partial charge in [-0.15, -0.1) is 0 Å². The van der Waals surface area contributed by atoms with Gasteiger partial charge in [-0.2, -0.15) is 0 Å². The molecule has 0 atom stereocenters. The fourth-order valence-electron chi connectivity index (χ4n) is 2.19. The molecule has 0 amide bonds. The summed E-state index contributed by atoms with van der Waals surface area (Å²) in [5.74, 6) is 0.904. The Morgan fingerprint density at radius 1 is 1.28 bits per heavy atom. The van der Waals surface area contributed by atoms with Crippen molar-refractivity contribution in [2.45, 2.75) is 20.4 Å². The number of imidazole rings is 1. The number of aromatic nitrogens is 2. The molecular formula is C14H19N3O. The number of hydrogen-bond donors (Lipinski definition) is 1. The second kappa shape index (κ2) is 4.82. The van der Waals surface area contributed by atoms with E-state index in [0.29, 0.717) is 6.54 Å². The quantitative estimate of drug-likeness (QED) is 0.901. The Morgan fingerprint density at radius 2 is 2.00 bits per heavy atom. The highest BCUT2D eigenvalue weighted by molar-refractivity contribution is 5.68. The Kier molecular flexibility index (Phi) is 3.39. The molecule has 0 aliphatic heterocycles. The minimum absolute atomic E-state index is 0.482. The number of benzene rings is 1. The van der Waals surface area contributed by atoms with Gasteiger partial charge in [0, 0.05) is 19.2 Å². The molecule has 1 aromatic carbocycles. The third-order valence-corrected chi connectivity index (χ3v) is 3.25. The topological polar surface area (TPSA) is 53.1 Å². The largest absolute Gasteiger partial charge is 0.496 e. The molecule has 0 bridgehead atoms. The van der Waals surface area contributed by atoms with E-state index in [1.165, 1.54) is 0 Å². The lowest BCUT2D eigenvalue weighted by Gasteiger charge is -2.11. The van der Waals surface area contributed by atoms with Crippen molar-refractivity contribution in [3.8, 4) is 17.0 Å². The van der Waals surface area contributed by atoms with Crippen molar-refractivity contribution in [2.24, 2.45) is 12.8 Å². The third-order valence-electron chi connectivity index (χ3n) is 3.25. The van der Waals surface area contributed by atoms with Crippen LogP contribution in [0.1, 0.15) is 16.8 Å². The summed E-state index contributed by atoms with van der Waals surface area (Å²) in [6, 6.07) is 4.15. The lowest BCUT2D eigenvalue weighted by Crippen LogP contribution is -2.04. The Hall–Kier alpha value is -1.81. The summed E-state index contributed by atoms with van der Waals surface area (Å²) in [5.41, 5.74) is 11.2. The lowest BCUT2D eigenvalue weighted by molar-refractivity contribution is 0.411. The van der Waals surface area contributed by atoms with Gasteiger partial charge in [-0.3, -0.25) is 0 Å². The van der Waals surface area contributed by atoms with Crippen molar-refractivity contribution in [3.63, 3.8) is 0 Å². The highest BCUT2D eigenvalue weighted by Crippen LogP contribution is 2.30. The fraction of sp³-hybridized carbons (Fsp3) is 0.357. The van der Waals surface area contributed by atoms with Gasteiger partial charge in [-0.25, -0.2) is 4.98 Å². The predicted octanol–water partition coefficient (Wildman–Crippen LogP) is 2.17. The zero-order valence-corrected chi connectivity index (χ0v) is 11.3. The summed E-state index contributed by atoms with van der Waals surface area (Å²) in [7, 11) is 3.65. The summed E-state index contributed by atoms with van der Waals surface area (Å²) in [6.45, 7) is 4.58. The van der Waals surface area contributed by atoms with Crippen LogP contribution in [-0.2, 0) is 13.6 Å². The van der Waals surface area contributed by atoms with Crippen molar-refractivity contribution in [1.29, 1.82) is 0 Å². The predicted molar refractivity (Wildman–Crippen MR) is 72.6 cm³/mol. The smallest absolute Gasteiger partial charge is 0.122 e. The number of ether oxygens (including phenoxy) is 1. The standard InChI is InChI=1S/C14H19N3O/c1-9-6-13(18-4)10(2)5-11(9)14-12(7-15)17(3)8-16-14/h5-6,8H,7,15H2,1-4H3. The molecule has 0 unspecified atom stereocenters. The molecule has 1 aromatic heterocycles. The maximum Gasteiger partial charge on any atom is 0.122 e. The zero-order valence-electron chi connectivity index (χ0n) is 11.3. The Labute approximate surface area is 107 Å². The second-order valence-corrected chi connectivity index (χ2v) is 4.49. The Morgan fingerprint density at radius 3 is 2.61 bits per heavy atom. The lowest BCUT2D eigenvalue weighted by atomic mass is 10.0. The molecule has 4 heteroatoms. The molecule has 0 fully saturated rings. The monoisotopic (exact) mass is 245 g/mol. The summed E-state index contributed by atoms with van der Waals surface area (Å²) in [4.78, 5) is 4.46. The van der Waals surface area contributed by atoms with Crippen LogP contribution in [0.4, 0.5) is 0 Å². The van der Waals surface area contributed by atoms with Crippen LogP contribution in [0.15, 0.2) is 18.5 Å². The van der Waals surface area contributed by atoms with E-state index in [1.807, 2.05) is 24.6 Å². The van der Waals surface area contributed by atoms with E-state index in [2.05, 4.69) is 18.0 Å². The molecule has 0 aliphatic rings. The van der Waals surface area contributed by atoms with E-state index in [9.17, 15) is 0 Å². The molecule has 18 heavy (non-hydrogen) atoms. The van der Waals surface area contributed by atoms with Crippen molar-refractivity contribution in [2.75, 3.05) is 7.11 Å². The minimum atomic E-state index is 0.482. The van der Waals surface area contributed by atoms with E-state index in [1.54, 1.807) is 13.4 Å². The van der Waals surface area contributed by atoms with E-state index in [4.69, 9.17) is 10.5 Å². The number of nitrogens with two attached hydrogens (primary N) is 1. The Balaban J connectivity index is 2.60. The van der Waals surface area contributed by atoms with Gasteiger partial charge in [0.15, 0.2) is 0 Å². The molecule has 0 radical (unpaired) electrons. The fourth-order valence-corrected chi connectivity index (χ4v) is 2.19. The number of aryl methyl sites for hydroxylation is 3. The van der Waals surface area contributed by atoms with Gasteiger partial charge >= 0.3 is 0 Å². The van der Waals surface area contributed by atoms with E-state index >= 15 is 0 Å². The average molecular weight is 245 g/mol. The van der Waals surface area contributed by atoms with Gasteiger partial charge in [0.05, 0.1) is 24.8 Å². The summed E-state index contributed by atoms with van der Waals surface area (Å²) in [6.07, 6.45) is 1.80. The van der Waals surface area contributed by atoms with Crippen molar-refractivity contribution < 1.29 is 4.74 Å². The number of methoxy groups -OCH3 is 1. The van der Waals surface area contributed by atoms with Crippen LogP contribution in [0.3, 0.4) is 0 Å². The van der Waals surface area contributed by atoms with E-state index in [-0.39, 0.29) is 0 Å². The molecule has 1 heterocycles. The van der Waals surface area contributed by atoms with Crippen LogP contribution in [0.5, 0.6) is 5.75 Å². The van der Waals surface area contributed by atoms with Crippen molar-refractivity contribution >= 4 is 0 Å². The number of rotatable bonds is 3. The minimum Gasteiger partial charge on any atom is -0.496 e. The number of hydrogen-bond acceptors (Lipinski definition) is 3. The average Bonchev–Trinajstić information content (AvgIpc) is 2.72. The summed E-state index contributed by atoms with van der Waals surface area (Å²) in [5, 5.41) is 0. The van der Waals surface area contributed by atoms with Crippen molar-refractivity contribution in [1.82, 2.24) is 9.55 Å². The normalized spacial score (nSPS) is 10.7. The van der Waals surface area contributed by atoms with E-state index in [0.717, 1.165) is 33.8 Å². The third kappa shape index (κ3) is 1.99. The molecule has 2 aromatic rings. The van der Waals surface area contributed by atoms with Gasteiger partial charge in [0.1, 0.15) is 5.75 Å². The van der Waals surface area contributed by atoms with Crippen LogP contribution < -0.4 is 10.5 Å².